The van der Waals surface area contributed by atoms with Crippen LogP contribution < -0.4 is 11.1 Å². The summed E-state index contributed by atoms with van der Waals surface area (Å²) in [7, 11) is 0. The maximum atomic E-state index is 12.3. The second-order valence-corrected chi connectivity index (χ2v) is 7.33. The summed E-state index contributed by atoms with van der Waals surface area (Å²) >= 11 is 17.6. The summed E-state index contributed by atoms with van der Waals surface area (Å²) in [4.78, 5) is 28.3. The highest BCUT2D eigenvalue weighted by Crippen LogP contribution is 2.34. The monoisotopic (exact) mass is 407 g/mol. The van der Waals surface area contributed by atoms with Crippen LogP contribution in [0.15, 0.2) is 0 Å². The van der Waals surface area contributed by atoms with E-state index in [1.54, 1.807) is 0 Å². The quantitative estimate of drug-likeness (QED) is 0.582. The molecule has 1 aromatic rings. The topological polar surface area (TPSA) is 94.3 Å². The van der Waals surface area contributed by atoms with Crippen LogP contribution in [0.5, 0.6) is 0 Å². The molecule has 0 bridgehead atoms. The van der Waals surface area contributed by atoms with Crippen LogP contribution in [0.3, 0.4) is 0 Å². The number of aromatic nitrogens is 1. The van der Waals surface area contributed by atoms with Gasteiger partial charge in [0.1, 0.15) is 5.02 Å². The Morgan fingerprint density at radius 2 is 1.88 bits per heavy atom. The zero-order valence-electron chi connectivity index (χ0n) is 13.9. The van der Waals surface area contributed by atoms with Crippen LogP contribution in [0.2, 0.25) is 15.2 Å². The molecule has 1 aliphatic rings. The Labute approximate surface area is 161 Å². The number of nitrogen functional groups attached to an aromatic ring is 1. The van der Waals surface area contributed by atoms with E-state index in [2.05, 4.69) is 17.2 Å². The van der Waals surface area contributed by atoms with E-state index in [-0.39, 0.29) is 38.5 Å². The van der Waals surface area contributed by atoms with Crippen LogP contribution >= 0.6 is 34.8 Å². The molecule has 1 aliphatic carbocycles. The van der Waals surface area contributed by atoms with E-state index >= 15 is 0 Å². The molecule has 9 heteroatoms. The van der Waals surface area contributed by atoms with E-state index in [0.717, 1.165) is 19.3 Å². The molecule has 1 aromatic heterocycles. The molecule has 25 heavy (non-hydrogen) atoms. The second-order valence-electron chi connectivity index (χ2n) is 6.22. The predicted molar refractivity (Wildman–Crippen MR) is 98.1 cm³/mol. The number of amides is 1. The lowest BCUT2D eigenvalue weighted by Gasteiger charge is -2.30. The molecule has 0 unspecified atom stereocenters. The van der Waals surface area contributed by atoms with Crippen molar-refractivity contribution in [1.82, 2.24) is 10.3 Å². The lowest BCUT2D eigenvalue weighted by atomic mass is 9.86. The van der Waals surface area contributed by atoms with Crippen molar-refractivity contribution < 1.29 is 14.3 Å². The first kappa shape index (κ1) is 20.1. The Morgan fingerprint density at radius 1 is 1.24 bits per heavy atom. The van der Waals surface area contributed by atoms with E-state index in [1.807, 2.05) is 0 Å². The molecule has 3 atom stereocenters. The third-order valence-corrected chi connectivity index (χ3v) is 5.49. The highest BCUT2D eigenvalue weighted by atomic mass is 35.5. The first-order valence-corrected chi connectivity index (χ1v) is 9.17. The second kappa shape index (κ2) is 8.43. The van der Waals surface area contributed by atoms with E-state index in [0.29, 0.717) is 5.92 Å². The van der Waals surface area contributed by atoms with E-state index < -0.39 is 12.1 Å². The number of esters is 1. The maximum absolute atomic E-state index is 12.3. The summed E-state index contributed by atoms with van der Waals surface area (Å²) in [5, 5.41) is 2.57. The molecule has 138 valence electrons. The third-order valence-electron chi connectivity index (χ3n) is 4.36. The van der Waals surface area contributed by atoms with E-state index in [9.17, 15) is 9.59 Å². The number of carbonyl (C=O) groups excluding carboxylic acids is 2. The van der Waals surface area contributed by atoms with Gasteiger partial charge in [0.25, 0.3) is 5.91 Å². The first-order chi connectivity index (χ1) is 11.7. The minimum absolute atomic E-state index is 0.0414. The van der Waals surface area contributed by atoms with Gasteiger partial charge in [-0.25, -0.2) is 9.78 Å². The Hall–Kier alpha value is -1.24. The molecule has 1 heterocycles. The van der Waals surface area contributed by atoms with Gasteiger partial charge in [-0.3, -0.25) is 4.79 Å². The number of pyridine rings is 1. The fraction of sp³-hybridized carbons (Fsp3) is 0.562. The fourth-order valence-electron chi connectivity index (χ4n) is 2.77. The van der Waals surface area contributed by atoms with Crippen LogP contribution in [-0.2, 0) is 9.53 Å². The van der Waals surface area contributed by atoms with Crippen molar-refractivity contribution in [3.8, 4) is 0 Å². The summed E-state index contributed by atoms with van der Waals surface area (Å²) < 4.78 is 5.15. The number of hydrogen-bond acceptors (Lipinski definition) is 5. The molecule has 2 rings (SSSR count). The Morgan fingerprint density at radius 3 is 2.52 bits per heavy atom. The molecule has 1 saturated carbocycles. The Balaban J connectivity index is 2.03. The summed E-state index contributed by atoms with van der Waals surface area (Å²) in [5.41, 5.74) is 5.33. The average Bonchev–Trinajstić information content (AvgIpc) is 2.58. The molecule has 6 nitrogen and oxygen atoms in total. The number of nitrogens with one attached hydrogen (secondary N) is 1. The number of hydrogen-bond donors (Lipinski definition) is 2. The van der Waals surface area contributed by atoms with Gasteiger partial charge in [0.2, 0.25) is 0 Å². The number of anilines is 1. The number of nitrogens with zero attached hydrogens (tertiary/aromatic N) is 1. The van der Waals surface area contributed by atoms with Gasteiger partial charge >= 0.3 is 5.97 Å². The molecular formula is C16H20Cl3N3O3. The molecule has 0 aliphatic heterocycles. The maximum Gasteiger partial charge on any atom is 0.359 e. The van der Waals surface area contributed by atoms with Crippen LogP contribution in [0.25, 0.3) is 0 Å². The predicted octanol–water partition coefficient (Wildman–Crippen LogP) is 3.86. The molecule has 1 fully saturated rings. The molecule has 0 saturated heterocycles. The average molecular weight is 409 g/mol. The fourth-order valence-corrected chi connectivity index (χ4v) is 3.35. The van der Waals surface area contributed by atoms with Gasteiger partial charge < -0.3 is 15.8 Å². The van der Waals surface area contributed by atoms with E-state index in [4.69, 9.17) is 45.3 Å². The van der Waals surface area contributed by atoms with Gasteiger partial charge in [-0.1, -0.05) is 54.6 Å². The van der Waals surface area contributed by atoms with Gasteiger partial charge in [0, 0.05) is 6.04 Å². The van der Waals surface area contributed by atoms with Crippen LogP contribution in [0.1, 0.15) is 50.0 Å². The Bertz CT molecular complexity index is 684. The highest BCUT2D eigenvalue weighted by molar-refractivity contribution is 6.46. The lowest BCUT2D eigenvalue weighted by molar-refractivity contribution is -0.130. The van der Waals surface area contributed by atoms with Crippen LogP contribution in [0.4, 0.5) is 5.69 Å². The van der Waals surface area contributed by atoms with Crippen LogP contribution in [0, 0.1) is 5.92 Å². The lowest BCUT2D eigenvalue weighted by Crippen LogP contribution is -2.46. The van der Waals surface area contributed by atoms with Gasteiger partial charge in [-0.2, -0.15) is 0 Å². The van der Waals surface area contributed by atoms with Gasteiger partial charge in [0.15, 0.2) is 17.0 Å². The summed E-state index contributed by atoms with van der Waals surface area (Å²) in [6.45, 7) is 3.58. The highest BCUT2D eigenvalue weighted by Gasteiger charge is 2.28. The van der Waals surface area contributed by atoms with Gasteiger partial charge in [-0.15, -0.1) is 0 Å². The first-order valence-electron chi connectivity index (χ1n) is 8.03. The van der Waals surface area contributed by atoms with Crippen molar-refractivity contribution >= 4 is 52.4 Å². The van der Waals surface area contributed by atoms with Gasteiger partial charge in [-0.05, 0) is 25.7 Å². The number of carbonyl (C=O) groups is 2. The minimum atomic E-state index is -1.00. The summed E-state index contributed by atoms with van der Waals surface area (Å²) in [5.74, 6) is -0.863. The van der Waals surface area contributed by atoms with Crippen molar-refractivity contribution in [3.05, 3.63) is 20.9 Å². The summed E-state index contributed by atoms with van der Waals surface area (Å²) in [6.07, 6.45) is 3.23. The third kappa shape index (κ3) is 4.68. The largest absolute Gasteiger partial charge is 0.448 e. The van der Waals surface area contributed by atoms with Crippen molar-refractivity contribution in [3.63, 3.8) is 0 Å². The molecule has 0 aromatic carbocycles. The zero-order valence-corrected chi connectivity index (χ0v) is 16.2. The number of nitrogens with two attached hydrogens (primary N) is 1. The smallest absolute Gasteiger partial charge is 0.359 e. The van der Waals surface area contributed by atoms with Crippen molar-refractivity contribution in [2.24, 2.45) is 5.92 Å². The zero-order chi connectivity index (χ0) is 18.7. The van der Waals surface area contributed by atoms with Crippen molar-refractivity contribution in [2.45, 2.75) is 51.7 Å². The van der Waals surface area contributed by atoms with E-state index in [1.165, 1.54) is 13.3 Å². The molecule has 3 N–H and O–H groups in total. The standard InChI is InChI=1S/C16H20Cl3N3O3/c1-7-5-3-4-6-9(7)21-15(23)8(2)25-16(24)13-10(17)12(20)11(18)14(19)22-13/h7-9H,3-6H2,1-2H3,(H2,20,22)(H,21,23)/t7-,8-,9-/m1/s1. The molecular weight excluding hydrogens is 389 g/mol. The normalized spacial score (nSPS) is 21.5. The SMILES string of the molecule is C[C@@H]1CCCC[C@H]1NC(=O)[C@@H](C)OC(=O)c1nc(Cl)c(Cl)c(N)c1Cl. The number of ether oxygens (including phenoxy) is 1. The molecule has 1 amide bonds. The van der Waals surface area contributed by atoms with Crippen LogP contribution in [-0.4, -0.2) is 29.0 Å². The molecule has 0 spiro atoms. The Kier molecular flexibility index (Phi) is 6.77. The van der Waals surface area contributed by atoms with Crippen molar-refractivity contribution in [1.29, 1.82) is 0 Å². The minimum Gasteiger partial charge on any atom is -0.448 e. The number of rotatable bonds is 4. The summed E-state index contributed by atoms with van der Waals surface area (Å²) in [6, 6.07) is 0.0877. The van der Waals surface area contributed by atoms with Gasteiger partial charge in [0.05, 0.1) is 10.7 Å². The number of halogens is 3. The molecule has 0 radical (unpaired) electrons. The van der Waals surface area contributed by atoms with Crippen molar-refractivity contribution in [2.75, 3.05) is 5.73 Å².